The molecule has 0 saturated carbocycles. The van der Waals surface area contributed by atoms with Gasteiger partial charge in [0.2, 0.25) is 0 Å². The fourth-order valence-corrected chi connectivity index (χ4v) is 4.37. The monoisotopic (exact) mass is 469 g/mol. The Bertz CT molecular complexity index is 1090. The van der Waals surface area contributed by atoms with E-state index in [4.69, 9.17) is 4.74 Å². The molecule has 3 N–H and O–H groups in total. The van der Waals surface area contributed by atoms with Crippen LogP contribution in [0.2, 0.25) is 0 Å². The van der Waals surface area contributed by atoms with Gasteiger partial charge in [-0.1, -0.05) is 12.1 Å². The quantitative estimate of drug-likeness (QED) is 0.527. The summed E-state index contributed by atoms with van der Waals surface area (Å²) in [5.41, 5.74) is 5.85. The zero-order chi connectivity index (χ0) is 21.9. The van der Waals surface area contributed by atoms with Crippen molar-refractivity contribution in [3.8, 4) is 5.69 Å². The van der Waals surface area contributed by atoms with Gasteiger partial charge in [0.15, 0.2) is 0 Å². The van der Waals surface area contributed by atoms with Crippen LogP contribution in [0.5, 0.6) is 0 Å². The van der Waals surface area contributed by atoms with Crippen molar-refractivity contribution in [3.05, 3.63) is 76.9 Å². The second-order valence-electron chi connectivity index (χ2n) is 8.32. The number of aliphatic hydroxyl groups is 1. The van der Waals surface area contributed by atoms with Crippen LogP contribution in [0, 0.1) is 0 Å². The van der Waals surface area contributed by atoms with Crippen LogP contribution in [0.3, 0.4) is 0 Å². The largest absolute Gasteiger partial charge is 0.389 e. The Hall–Kier alpha value is -2.78. The van der Waals surface area contributed by atoms with Crippen LogP contribution in [0.15, 0.2) is 48.8 Å². The van der Waals surface area contributed by atoms with Gasteiger partial charge in [-0.3, -0.25) is 4.79 Å². The summed E-state index contributed by atoms with van der Waals surface area (Å²) >= 11 is 0. The number of fused-ring (bicyclic) bond motifs is 1. The molecule has 2 aliphatic heterocycles. The summed E-state index contributed by atoms with van der Waals surface area (Å²) in [6.07, 6.45) is 5.20. The number of hydrogen-bond acceptors (Lipinski definition) is 6. The van der Waals surface area contributed by atoms with Gasteiger partial charge in [0.1, 0.15) is 5.69 Å². The Morgan fingerprint density at radius 2 is 2.15 bits per heavy atom. The van der Waals surface area contributed by atoms with E-state index in [0.29, 0.717) is 25.3 Å². The first-order chi connectivity index (χ1) is 15.7. The summed E-state index contributed by atoms with van der Waals surface area (Å²) in [4.78, 5) is 17.6. The van der Waals surface area contributed by atoms with Gasteiger partial charge in [0.05, 0.1) is 30.1 Å². The number of aliphatic hydroxyl groups excluding tert-OH is 1. The minimum Gasteiger partial charge on any atom is -0.389 e. The molecule has 0 unspecified atom stereocenters. The predicted molar refractivity (Wildman–Crippen MR) is 126 cm³/mol. The maximum absolute atomic E-state index is 13.0. The average Bonchev–Trinajstić information content (AvgIpc) is 3.36. The van der Waals surface area contributed by atoms with E-state index in [9.17, 15) is 9.90 Å². The van der Waals surface area contributed by atoms with Gasteiger partial charge >= 0.3 is 0 Å². The lowest BCUT2D eigenvalue weighted by atomic mass is 9.94. The number of halogens is 1. The Balaban J connectivity index is 0.00000259. The molecule has 0 spiro atoms. The van der Waals surface area contributed by atoms with Gasteiger partial charge in [-0.2, -0.15) is 5.10 Å². The molecule has 1 aromatic carbocycles. The van der Waals surface area contributed by atoms with Gasteiger partial charge in [-0.05, 0) is 66.8 Å². The molecule has 33 heavy (non-hydrogen) atoms. The molecule has 5 rings (SSSR count). The highest BCUT2D eigenvalue weighted by Crippen LogP contribution is 2.23. The zero-order valence-electron chi connectivity index (χ0n) is 18.2. The minimum absolute atomic E-state index is 0. The second kappa shape index (κ2) is 10.4. The lowest BCUT2D eigenvalue weighted by Gasteiger charge is -2.28. The van der Waals surface area contributed by atoms with Crippen LogP contribution in [-0.4, -0.2) is 57.7 Å². The lowest BCUT2D eigenvalue weighted by Crippen LogP contribution is -2.49. The molecular weight excluding hydrogens is 442 g/mol. The molecule has 2 atom stereocenters. The molecule has 0 bridgehead atoms. The Labute approximate surface area is 198 Å². The van der Waals surface area contributed by atoms with Crippen LogP contribution in [0.25, 0.3) is 5.69 Å². The number of nitrogens with one attached hydrogen (secondary N) is 2. The number of pyridine rings is 1. The van der Waals surface area contributed by atoms with Crippen LogP contribution in [-0.2, 0) is 24.1 Å². The first-order valence-corrected chi connectivity index (χ1v) is 11.1. The summed E-state index contributed by atoms with van der Waals surface area (Å²) in [5.74, 6) is -0.250. The third-order valence-corrected chi connectivity index (χ3v) is 6.12. The van der Waals surface area contributed by atoms with Crippen LogP contribution in [0.1, 0.15) is 39.3 Å². The number of carbonyl (C=O) groups excluding carboxylic acids is 1. The molecule has 2 aromatic heterocycles. The number of hydrogen-bond donors (Lipinski definition) is 3. The fourth-order valence-electron chi connectivity index (χ4n) is 4.37. The molecule has 2 aliphatic rings. The van der Waals surface area contributed by atoms with E-state index in [2.05, 4.69) is 45.0 Å². The lowest BCUT2D eigenvalue weighted by molar-refractivity contribution is -0.0261. The summed E-state index contributed by atoms with van der Waals surface area (Å²) in [6, 6.07) is 11.8. The highest BCUT2D eigenvalue weighted by atomic mass is 35.5. The molecule has 1 fully saturated rings. The van der Waals surface area contributed by atoms with Crippen LogP contribution < -0.4 is 10.6 Å². The van der Waals surface area contributed by atoms with Crippen molar-refractivity contribution in [2.75, 3.05) is 19.8 Å². The molecule has 0 aliphatic carbocycles. The molecule has 1 amide bonds. The van der Waals surface area contributed by atoms with Crippen molar-refractivity contribution >= 4 is 18.3 Å². The zero-order valence-corrected chi connectivity index (χ0v) is 19.1. The first kappa shape index (κ1) is 23.4. The minimum atomic E-state index is -0.695. The van der Waals surface area contributed by atoms with E-state index in [1.807, 2.05) is 23.0 Å². The third-order valence-electron chi connectivity index (χ3n) is 6.12. The van der Waals surface area contributed by atoms with E-state index < -0.39 is 6.10 Å². The highest BCUT2D eigenvalue weighted by molar-refractivity contribution is 5.93. The van der Waals surface area contributed by atoms with Crippen LogP contribution in [0.4, 0.5) is 0 Å². The standard InChI is InChI=1S/C24H27N5O3.ClH/c30-23-15-32-11-7-20(23)28-24(31)21-13-17(19-6-9-25-14-22(19)27-21)12-16-2-4-18(5-3-16)29-10-1-8-26-29;/h1-5,8,10,13,20,23,25,30H,6-7,9,11-12,14-15H2,(H,28,31);1H/t20-,23-;/m1./s1. The smallest absolute Gasteiger partial charge is 0.270 e. The normalized spacial score (nSPS) is 19.9. The number of benzene rings is 1. The predicted octanol–water partition coefficient (Wildman–Crippen LogP) is 1.81. The number of rotatable bonds is 5. The van der Waals surface area contributed by atoms with Gasteiger partial charge in [0.25, 0.3) is 5.91 Å². The number of carbonyl (C=O) groups is 1. The molecule has 3 aromatic rings. The van der Waals surface area contributed by atoms with Crippen molar-refractivity contribution in [2.24, 2.45) is 0 Å². The number of ether oxygens (including phenoxy) is 1. The molecule has 0 radical (unpaired) electrons. The van der Waals surface area contributed by atoms with E-state index in [1.54, 1.807) is 6.20 Å². The van der Waals surface area contributed by atoms with Crippen molar-refractivity contribution in [1.29, 1.82) is 0 Å². The van der Waals surface area contributed by atoms with Gasteiger partial charge in [0, 0.05) is 25.5 Å². The topological polar surface area (TPSA) is 101 Å². The van der Waals surface area contributed by atoms with E-state index in [0.717, 1.165) is 36.3 Å². The van der Waals surface area contributed by atoms with Crippen LogP contribution >= 0.6 is 12.4 Å². The molecule has 9 heteroatoms. The first-order valence-electron chi connectivity index (χ1n) is 11.1. The van der Waals surface area contributed by atoms with Crippen molar-refractivity contribution in [3.63, 3.8) is 0 Å². The summed E-state index contributed by atoms with van der Waals surface area (Å²) in [6.45, 7) is 2.33. The SMILES string of the molecule is Cl.O=C(N[C@@H]1CCOC[C@H]1O)c1cc(Cc2ccc(-n3cccn3)cc2)c2c(n1)CNCC2. The average molecular weight is 470 g/mol. The van der Waals surface area contributed by atoms with Crippen molar-refractivity contribution in [2.45, 2.75) is 38.0 Å². The fraction of sp³-hybridized carbons (Fsp3) is 0.375. The van der Waals surface area contributed by atoms with Gasteiger partial charge in [-0.25, -0.2) is 9.67 Å². The number of amides is 1. The molecule has 4 heterocycles. The summed E-state index contributed by atoms with van der Waals surface area (Å²) < 4.78 is 7.09. The summed E-state index contributed by atoms with van der Waals surface area (Å²) in [5, 5.41) is 20.7. The molecule has 8 nitrogen and oxygen atoms in total. The van der Waals surface area contributed by atoms with Crippen molar-refractivity contribution in [1.82, 2.24) is 25.4 Å². The third kappa shape index (κ3) is 5.25. The van der Waals surface area contributed by atoms with E-state index in [-0.39, 0.29) is 31.0 Å². The van der Waals surface area contributed by atoms with Gasteiger partial charge < -0.3 is 20.5 Å². The Morgan fingerprint density at radius 1 is 1.30 bits per heavy atom. The molecule has 174 valence electrons. The molecular formula is C24H28ClN5O3. The van der Waals surface area contributed by atoms with Crippen molar-refractivity contribution < 1.29 is 14.6 Å². The maximum atomic E-state index is 13.0. The second-order valence-corrected chi connectivity index (χ2v) is 8.32. The number of nitrogens with zero attached hydrogens (tertiary/aromatic N) is 3. The van der Waals surface area contributed by atoms with E-state index in [1.165, 1.54) is 11.1 Å². The maximum Gasteiger partial charge on any atom is 0.270 e. The molecule has 1 saturated heterocycles. The Morgan fingerprint density at radius 3 is 2.91 bits per heavy atom. The Kier molecular flexibility index (Phi) is 7.39. The highest BCUT2D eigenvalue weighted by Gasteiger charge is 2.27. The van der Waals surface area contributed by atoms with E-state index >= 15 is 0 Å². The van der Waals surface area contributed by atoms with Gasteiger partial charge in [-0.15, -0.1) is 12.4 Å². The number of aromatic nitrogens is 3. The summed E-state index contributed by atoms with van der Waals surface area (Å²) in [7, 11) is 0.